The Kier molecular flexibility index (Phi) is 5.40. The van der Waals surface area contributed by atoms with Gasteiger partial charge in [-0.3, -0.25) is 0 Å². The molecule has 0 aromatic carbocycles. The molecular weight excluding hydrogens is 216 g/mol. The van der Waals surface area contributed by atoms with Gasteiger partial charge >= 0.3 is 0 Å². The Morgan fingerprint density at radius 2 is 1.83 bits per heavy atom. The number of rotatable bonds is 6. The van der Waals surface area contributed by atoms with Crippen molar-refractivity contribution in [3.05, 3.63) is 58.7 Å². The molecular formula is C18H26. The normalized spacial score (nSPS) is 16.9. The van der Waals surface area contributed by atoms with Crippen LogP contribution in [0.1, 0.15) is 53.4 Å². The Labute approximate surface area is 112 Å². The van der Waals surface area contributed by atoms with E-state index in [4.69, 9.17) is 0 Å². The van der Waals surface area contributed by atoms with E-state index in [-0.39, 0.29) is 0 Å². The third-order valence-electron chi connectivity index (χ3n) is 3.67. The summed E-state index contributed by atoms with van der Waals surface area (Å²) in [6, 6.07) is 0. The van der Waals surface area contributed by atoms with Gasteiger partial charge in [-0.25, -0.2) is 0 Å². The third kappa shape index (κ3) is 2.75. The van der Waals surface area contributed by atoms with Crippen molar-refractivity contribution in [2.75, 3.05) is 0 Å². The molecule has 0 heteroatoms. The maximum absolute atomic E-state index is 4.29. The van der Waals surface area contributed by atoms with Crippen molar-refractivity contribution in [3.8, 4) is 0 Å². The summed E-state index contributed by atoms with van der Waals surface area (Å²) in [5, 5.41) is 0. The highest BCUT2D eigenvalue weighted by atomic mass is 14.3. The fourth-order valence-electron chi connectivity index (χ4n) is 2.78. The van der Waals surface area contributed by atoms with Gasteiger partial charge in [-0.2, -0.15) is 0 Å². The van der Waals surface area contributed by atoms with Crippen molar-refractivity contribution in [1.82, 2.24) is 0 Å². The Morgan fingerprint density at radius 1 is 1.17 bits per heavy atom. The summed E-state index contributed by atoms with van der Waals surface area (Å²) in [6.07, 6.45) is 8.66. The van der Waals surface area contributed by atoms with Gasteiger partial charge in [-0.05, 0) is 66.5 Å². The van der Waals surface area contributed by atoms with Crippen LogP contribution in [0, 0.1) is 0 Å². The number of hydrogen-bond acceptors (Lipinski definition) is 0. The predicted molar refractivity (Wildman–Crippen MR) is 82.6 cm³/mol. The Bertz CT molecular complexity index is 439. The van der Waals surface area contributed by atoms with Gasteiger partial charge in [-0.1, -0.05) is 39.0 Å². The molecule has 0 bridgehead atoms. The molecule has 0 N–H and O–H groups in total. The topological polar surface area (TPSA) is 0 Å². The average molecular weight is 242 g/mol. The molecule has 0 aliphatic heterocycles. The minimum Gasteiger partial charge on any atom is -0.103 e. The molecule has 0 nitrogen and oxygen atoms in total. The molecule has 1 aliphatic carbocycles. The highest BCUT2D eigenvalue weighted by Crippen LogP contribution is 2.42. The van der Waals surface area contributed by atoms with Crippen molar-refractivity contribution in [1.29, 1.82) is 0 Å². The zero-order valence-electron chi connectivity index (χ0n) is 12.4. The van der Waals surface area contributed by atoms with Gasteiger partial charge in [0.05, 0.1) is 0 Å². The van der Waals surface area contributed by atoms with Gasteiger partial charge in [0.25, 0.3) is 0 Å². The van der Waals surface area contributed by atoms with Crippen LogP contribution < -0.4 is 0 Å². The predicted octanol–water partition coefficient (Wildman–Crippen LogP) is 5.90. The van der Waals surface area contributed by atoms with Crippen LogP contribution in [-0.4, -0.2) is 0 Å². The summed E-state index contributed by atoms with van der Waals surface area (Å²) in [6.45, 7) is 17.0. The van der Waals surface area contributed by atoms with Crippen molar-refractivity contribution < 1.29 is 0 Å². The molecule has 0 amide bonds. The maximum atomic E-state index is 4.29. The summed E-state index contributed by atoms with van der Waals surface area (Å²) in [5.74, 6) is 0. The van der Waals surface area contributed by atoms with E-state index in [2.05, 4.69) is 46.9 Å². The van der Waals surface area contributed by atoms with E-state index in [0.717, 1.165) is 19.3 Å². The summed E-state index contributed by atoms with van der Waals surface area (Å²) in [4.78, 5) is 0. The summed E-state index contributed by atoms with van der Waals surface area (Å²) < 4.78 is 0. The lowest BCUT2D eigenvalue weighted by molar-refractivity contribution is 0.906. The summed E-state index contributed by atoms with van der Waals surface area (Å²) in [7, 11) is 0. The van der Waals surface area contributed by atoms with E-state index in [1.165, 1.54) is 39.9 Å². The molecule has 0 heterocycles. The monoisotopic (exact) mass is 242 g/mol. The molecule has 0 saturated carbocycles. The van der Waals surface area contributed by atoms with Gasteiger partial charge in [-0.15, -0.1) is 6.58 Å². The molecule has 18 heavy (non-hydrogen) atoms. The molecule has 0 aromatic heterocycles. The van der Waals surface area contributed by atoms with Crippen LogP contribution in [0.5, 0.6) is 0 Å². The standard InChI is InChI=1S/C18H26/c1-7-10-16(11-8-2)18-14(5)13(4)17(12-9-3)15(18)6/h7,11H,1,5,8-10,12H2,2-4,6H3/b16-11-. The van der Waals surface area contributed by atoms with E-state index >= 15 is 0 Å². The van der Waals surface area contributed by atoms with Gasteiger partial charge in [0.1, 0.15) is 0 Å². The minimum atomic E-state index is 0.937. The lowest BCUT2D eigenvalue weighted by atomic mass is 9.93. The van der Waals surface area contributed by atoms with E-state index in [1.807, 2.05) is 6.08 Å². The highest BCUT2D eigenvalue weighted by Gasteiger charge is 2.23. The van der Waals surface area contributed by atoms with Crippen LogP contribution in [0.3, 0.4) is 0 Å². The van der Waals surface area contributed by atoms with E-state index < -0.39 is 0 Å². The summed E-state index contributed by atoms with van der Waals surface area (Å²) >= 11 is 0. The first-order chi connectivity index (χ1) is 8.58. The zero-order valence-corrected chi connectivity index (χ0v) is 12.4. The van der Waals surface area contributed by atoms with E-state index in [9.17, 15) is 0 Å². The zero-order chi connectivity index (χ0) is 13.7. The smallest absolute Gasteiger partial charge is 0.00970 e. The molecule has 0 radical (unpaired) electrons. The molecule has 0 atom stereocenters. The van der Waals surface area contributed by atoms with Crippen LogP contribution in [0.25, 0.3) is 0 Å². The van der Waals surface area contributed by atoms with Crippen molar-refractivity contribution >= 4 is 0 Å². The molecule has 0 spiro atoms. The Hall–Kier alpha value is -1.30. The second-order valence-corrected chi connectivity index (χ2v) is 4.96. The molecule has 0 aromatic rings. The van der Waals surface area contributed by atoms with Crippen LogP contribution in [-0.2, 0) is 0 Å². The minimum absolute atomic E-state index is 0.937. The van der Waals surface area contributed by atoms with Crippen molar-refractivity contribution in [2.24, 2.45) is 0 Å². The lowest BCUT2D eigenvalue weighted by Crippen LogP contribution is -1.92. The maximum Gasteiger partial charge on any atom is -0.00970 e. The van der Waals surface area contributed by atoms with Crippen LogP contribution in [0.15, 0.2) is 58.7 Å². The second kappa shape index (κ2) is 6.58. The first-order valence-corrected chi connectivity index (χ1v) is 6.99. The van der Waals surface area contributed by atoms with E-state index in [1.54, 1.807) is 0 Å². The number of hydrogen-bond donors (Lipinski definition) is 0. The molecule has 1 aliphatic rings. The SMILES string of the molecule is C=CC/C(=C/CC)C1=C(C)C(CCC)=C(C)C1=C. The highest BCUT2D eigenvalue weighted by molar-refractivity contribution is 5.68. The van der Waals surface area contributed by atoms with Gasteiger partial charge in [0.15, 0.2) is 0 Å². The van der Waals surface area contributed by atoms with Gasteiger partial charge in [0.2, 0.25) is 0 Å². The fraction of sp³-hybridized carbons (Fsp3) is 0.444. The first kappa shape index (κ1) is 14.8. The molecule has 1 rings (SSSR count). The number of allylic oxidation sites excluding steroid dienone is 8. The van der Waals surface area contributed by atoms with Crippen LogP contribution in [0.4, 0.5) is 0 Å². The van der Waals surface area contributed by atoms with Crippen molar-refractivity contribution in [2.45, 2.75) is 53.4 Å². The lowest BCUT2D eigenvalue weighted by Gasteiger charge is -2.11. The quantitative estimate of drug-likeness (QED) is 0.508. The first-order valence-electron chi connectivity index (χ1n) is 6.99. The largest absolute Gasteiger partial charge is 0.103 e. The molecule has 98 valence electrons. The van der Waals surface area contributed by atoms with Crippen molar-refractivity contribution in [3.63, 3.8) is 0 Å². The Morgan fingerprint density at radius 3 is 2.33 bits per heavy atom. The second-order valence-electron chi connectivity index (χ2n) is 4.96. The van der Waals surface area contributed by atoms with Gasteiger partial charge < -0.3 is 0 Å². The third-order valence-corrected chi connectivity index (χ3v) is 3.67. The van der Waals surface area contributed by atoms with Crippen LogP contribution >= 0.6 is 0 Å². The fourth-order valence-corrected chi connectivity index (χ4v) is 2.78. The van der Waals surface area contributed by atoms with Gasteiger partial charge in [0, 0.05) is 0 Å². The molecule has 0 unspecified atom stereocenters. The molecule has 0 fully saturated rings. The summed E-state index contributed by atoms with van der Waals surface area (Å²) in [5.41, 5.74) is 8.30. The average Bonchev–Trinajstić information content (AvgIpc) is 2.54. The van der Waals surface area contributed by atoms with E-state index in [0.29, 0.717) is 0 Å². The Balaban J connectivity index is 3.21. The van der Waals surface area contributed by atoms with Crippen LogP contribution in [0.2, 0.25) is 0 Å². The molecule has 0 saturated heterocycles.